The molecule has 1 N–H and O–H groups in total. The maximum atomic E-state index is 12.8. The largest absolute Gasteiger partial charge is 0.313 e. The molecule has 1 atom stereocenters. The summed E-state index contributed by atoms with van der Waals surface area (Å²) in [7, 11) is 0. The molecule has 0 spiro atoms. The van der Waals surface area contributed by atoms with Crippen molar-refractivity contribution in [3.8, 4) is 0 Å². The van der Waals surface area contributed by atoms with Crippen LogP contribution < -0.4 is 10.2 Å². The van der Waals surface area contributed by atoms with Crippen LogP contribution >= 0.6 is 12.4 Å². The van der Waals surface area contributed by atoms with E-state index in [1.165, 1.54) is 12.0 Å². The van der Waals surface area contributed by atoms with Crippen molar-refractivity contribution in [1.29, 1.82) is 0 Å². The Bertz CT molecular complexity index is 612. The molecular formula is C20H25ClN2O. The molecule has 1 fully saturated rings. The van der Waals surface area contributed by atoms with E-state index in [1.54, 1.807) is 0 Å². The first-order chi connectivity index (χ1) is 11.3. The van der Waals surface area contributed by atoms with Gasteiger partial charge < -0.3 is 10.2 Å². The van der Waals surface area contributed by atoms with Gasteiger partial charge in [0.2, 0.25) is 5.91 Å². The smallest absolute Gasteiger partial charge is 0.228 e. The van der Waals surface area contributed by atoms with Gasteiger partial charge in [0.1, 0.15) is 0 Å². The Hall–Kier alpha value is -1.84. The van der Waals surface area contributed by atoms with Gasteiger partial charge in [0.25, 0.3) is 0 Å². The standard InChI is InChI=1S/C20H24N2O.ClH/c23-20(16-18-10-7-14-21-18)22(19-11-5-2-6-12-19)15-13-17-8-3-1-4-9-17;/h1-6,8-9,11-12,18,21H,7,10,13-16H2;1H. The maximum Gasteiger partial charge on any atom is 0.228 e. The van der Waals surface area contributed by atoms with E-state index in [9.17, 15) is 4.79 Å². The molecule has 2 aromatic carbocycles. The number of benzene rings is 2. The molecule has 0 radical (unpaired) electrons. The molecule has 3 rings (SSSR count). The van der Waals surface area contributed by atoms with Gasteiger partial charge in [-0.2, -0.15) is 0 Å². The summed E-state index contributed by atoms with van der Waals surface area (Å²) in [6.07, 6.45) is 3.74. The van der Waals surface area contributed by atoms with Crippen molar-refractivity contribution in [2.24, 2.45) is 0 Å². The number of hydrogen-bond donors (Lipinski definition) is 1. The van der Waals surface area contributed by atoms with Crippen molar-refractivity contribution in [3.63, 3.8) is 0 Å². The molecule has 1 aliphatic rings. The van der Waals surface area contributed by atoms with Gasteiger partial charge in [-0.3, -0.25) is 4.79 Å². The van der Waals surface area contributed by atoms with Crippen LogP contribution in [0.3, 0.4) is 0 Å². The van der Waals surface area contributed by atoms with E-state index in [4.69, 9.17) is 0 Å². The second-order valence-electron chi connectivity index (χ2n) is 6.11. The molecule has 0 bridgehead atoms. The van der Waals surface area contributed by atoms with Gasteiger partial charge in [0.05, 0.1) is 0 Å². The highest BCUT2D eigenvalue weighted by Gasteiger charge is 2.22. The number of halogens is 1. The van der Waals surface area contributed by atoms with Gasteiger partial charge in [-0.1, -0.05) is 48.5 Å². The van der Waals surface area contributed by atoms with E-state index in [-0.39, 0.29) is 18.3 Å². The number of hydrogen-bond acceptors (Lipinski definition) is 2. The molecule has 128 valence electrons. The lowest BCUT2D eigenvalue weighted by Gasteiger charge is -2.24. The average Bonchev–Trinajstić information content (AvgIpc) is 3.10. The fourth-order valence-electron chi connectivity index (χ4n) is 3.14. The van der Waals surface area contributed by atoms with Crippen molar-refractivity contribution in [1.82, 2.24) is 5.32 Å². The molecule has 0 aliphatic carbocycles. The Morgan fingerprint density at radius 1 is 1.04 bits per heavy atom. The summed E-state index contributed by atoms with van der Waals surface area (Å²) in [6.45, 7) is 1.76. The molecule has 1 heterocycles. The third kappa shape index (κ3) is 5.08. The fraction of sp³-hybridized carbons (Fsp3) is 0.350. The Kier molecular flexibility index (Phi) is 7.29. The topological polar surface area (TPSA) is 32.3 Å². The molecule has 1 unspecified atom stereocenters. The maximum absolute atomic E-state index is 12.8. The summed E-state index contributed by atoms with van der Waals surface area (Å²) >= 11 is 0. The van der Waals surface area contributed by atoms with Crippen LogP contribution in [0.25, 0.3) is 0 Å². The monoisotopic (exact) mass is 344 g/mol. The average molecular weight is 345 g/mol. The van der Waals surface area contributed by atoms with Gasteiger partial charge in [0, 0.05) is 24.7 Å². The minimum Gasteiger partial charge on any atom is -0.313 e. The lowest BCUT2D eigenvalue weighted by atomic mass is 10.1. The van der Waals surface area contributed by atoms with Crippen LogP contribution in [0.1, 0.15) is 24.8 Å². The quantitative estimate of drug-likeness (QED) is 0.863. The van der Waals surface area contributed by atoms with E-state index < -0.39 is 0 Å². The van der Waals surface area contributed by atoms with Crippen LogP contribution in [-0.2, 0) is 11.2 Å². The number of nitrogens with one attached hydrogen (secondary N) is 1. The molecule has 0 saturated carbocycles. The Labute approximate surface area is 150 Å². The lowest BCUT2D eigenvalue weighted by Crippen LogP contribution is -2.37. The van der Waals surface area contributed by atoms with Crippen LogP contribution in [0.2, 0.25) is 0 Å². The fourth-order valence-corrected chi connectivity index (χ4v) is 3.14. The molecule has 2 aromatic rings. The zero-order valence-electron chi connectivity index (χ0n) is 13.9. The molecule has 1 aliphatic heterocycles. The van der Waals surface area contributed by atoms with E-state index in [0.717, 1.165) is 31.6 Å². The summed E-state index contributed by atoms with van der Waals surface area (Å²) in [5.74, 6) is 0.214. The summed E-state index contributed by atoms with van der Waals surface area (Å²) < 4.78 is 0. The number of amides is 1. The lowest BCUT2D eigenvalue weighted by molar-refractivity contribution is -0.119. The van der Waals surface area contributed by atoms with Gasteiger partial charge in [0.15, 0.2) is 0 Å². The van der Waals surface area contributed by atoms with Crippen molar-refractivity contribution in [2.75, 3.05) is 18.0 Å². The summed E-state index contributed by atoms with van der Waals surface area (Å²) in [5.41, 5.74) is 2.26. The minimum absolute atomic E-state index is 0. The number of carbonyl (C=O) groups is 1. The zero-order valence-corrected chi connectivity index (χ0v) is 14.7. The van der Waals surface area contributed by atoms with Crippen molar-refractivity contribution < 1.29 is 4.79 Å². The molecular weight excluding hydrogens is 320 g/mol. The first kappa shape index (κ1) is 18.5. The minimum atomic E-state index is 0. The first-order valence-electron chi connectivity index (χ1n) is 8.45. The SMILES string of the molecule is Cl.O=C(CC1CCCN1)N(CCc1ccccc1)c1ccccc1. The number of para-hydroxylation sites is 1. The second kappa shape index (κ2) is 9.45. The van der Waals surface area contributed by atoms with Gasteiger partial charge in [-0.25, -0.2) is 0 Å². The van der Waals surface area contributed by atoms with Gasteiger partial charge in [-0.15, -0.1) is 12.4 Å². The highest BCUT2D eigenvalue weighted by atomic mass is 35.5. The Morgan fingerprint density at radius 2 is 1.71 bits per heavy atom. The summed E-state index contributed by atoms with van der Waals surface area (Å²) in [6, 6.07) is 20.7. The van der Waals surface area contributed by atoms with Crippen LogP contribution in [0.4, 0.5) is 5.69 Å². The zero-order chi connectivity index (χ0) is 15.9. The molecule has 3 nitrogen and oxygen atoms in total. The highest BCUT2D eigenvalue weighted by molar-refractivity contribution is 5.93. The van der Waals surface area contributed by atoms with Crippen molar-refractivity contribution in [2.45, 2.75) is 31.7 Å². The first-order valence-corrected chi connectivity index (χ1v) is 8.45. The van der Waals surface area contributed by atoms with E-state index in [1.807, 2.05) is 53.4 Å². The summed E-state index contributed by atoms with van der Waals surface area (Å²) in [5, 5.41) is 3.42. The predicted octanol–water partition coefficient (Wildman–Crippen LogP) is 3.83. The Balaban J connectivity index is 0.00000208. The molecule has 0 aromatic heterocycles. The molecule has 1 amide bonds. The van der Waals surface area contributed by atoms with Crippen LogP contribution in [0.15, 0.2) is 60.7 Å². The van der Waals surface area contributed by atoms with Crippen LogP contribution in [0, 0.1) is 0 Å². The molecule has 1 saturated heterocycles. The van der Waals surface area contributed by atoms with Gasteiger partial charge in [-0.05, 0) is 43.5 Å². The third-order valence-corrected chi connectivity index (χ3v) is 4.42. The number of rotatable bonds is 6. The molecule has 4 heteroatoms. The Morgan fingerprint density at radius 3 is 2.33 bits per heavy atom. The van der Waals surface area contributed by atoms with Crippen LogP contribution in [0.5, 0.6) is 0 Å². The highest BCUT2D eigenvalue weighted by Crippen LogP contribution is 2.18. The van der Waals surface area contributed by atoms with E-state index in [2.05, 4.69) is 17.4 Å². The van der Waals surface area contributed by atoms with Gasteiger partial charge >= 0.3 is 0 Å². The number of anilines is 1. The van der Waals surface area contributed by atoms with E-state index in [0.29, 0.717) is 12.5 Å². The number of nitrogens with zero attached hydrogens (tertiary/aromatic N) is 1. The van der Waals surface area contributed by atoms with E-state index >= 15 is 0 Å². The summed E-state index contributed by atoms with van der Waals surface area (Å²) in [4.78, 5) is 14.7. The predicted molar refractivity (Wildman–Crippen MR) is 102 cm³/mol. The molecule has 24 heavy (non-hydrogen) atoms. The van der Waals surface area contributed by atoms with Crippen LogP contribution in [-0.4, -0.2) is 25.0 Å². The number of carbonyl (C=O) groups excluding carboxylic acids is 1. The van der Waals surface area contributed by atoms with Crippen molar-refractivity contribution in [3.05, 3.63) is 66.2 Å². The second-order valence-corrected chi connectivity index (χ2v) is 6.11. The van der Waals surface area contributed by atoms with Crippen molar-refractivity contribution >= 4 is 24.0 Å². The third-order valence-electron chi connectivity index (χ3n) is 4.42. The normalized spacial score (nSPS) is 16.4.